The molecule has 0 aliphatic rings. The van der Waals surface area contributed by atoms with Gasteiger partial charge < -0.3 is 15.8 Å². The molecule has 13 heavy (non-hydrogen) atoms. The number of nitrogen functional groups attached to an aromatic ring is 1. The van der Waals surface area contributed by atoms with E-state index in [0.29, 0.717) is 5.56 Å². The summed E-state index contributed by atoms with van der Waals surface area (Å²) in [6.07, 6.45) is 0. The molecule has 0 aliphatic heterocycles. The highest BCUT2D eigenvalue weighted by Gasteiger charge is 2.13. The van der Waals surface area contributed by atoms with Gasteiger partial charge in [-0.3, -0.25) is 0 Å². The second-order valence-electron chi connectivity index (χ2n) is 2.33. The molecule has 6 heteroatoms. The maximum atomic E-state index is 8.76. The van der Waals surface area contributed by atoms with Crippen LogP contribution in [0.4, 0.5) is 5.69 Å². The Labute approximate surface area is 82.2 Å². The van der Waals surface area contributed by atoms with Crippen LogP contribution < -0.4 is 11.2 Å². The summed E-state index contributed by atoms with van der Waals surface area (Å²) in [6, 6.07) is 6.18. The van der Waals surface area contributed by atoms with Gasteiger partial charge in [0.2, 0.25) is 0 Å². The lowest BCUT2D eigenvalue weighted by Crippen LogP contribution is -2.32. The summed E-state index contributed by atoms with van der Waals surface area (Å²) in [5.74, 6) is 0. The molecule has 1 rings (SSSR count). The molecule has 0 unspecified atom stereocenters. The van der Waals surface area contributed by atoms with E-state index >= 15 is 0 Å². The molecule has 4 N–H and O–H groups in total. The lowest BCUT2D eigenvalue weighted by atomic mass is 9.79. The van der Waals surface area contributed by atoms with E-state index in [-0.39, 0.29) is 23.6 Å². The summed E-state index contributed by atoms with van der Waals surface area (Å²) in [6.45, 7) is 0. The first-order chi connectivity index (χ1) is 5.65. The molecular formula is C7H8BClN2O2. The second-order valence-corrected chi connectivity index (χ2v) is 2.33. The standard InChI is InChI=1S/C7H7BN2O2.ClH/c9-4-5-1-2-6(8(11)12)7(10)3-5;/h1-3,11-12H,10H2;1H. The molecule has 0 spiro atoms. The van der Waals surface area contributed by atoms with Crippen molar-refractivity contribution in [2.24, 2.45) is 0 Å². The fraction of sp³-hybridized carbons (Fsp3) is 0. The molecule has 68 valence electrons. The number of nitrogens with zero attached hydrogens (tertiary/aromatic N) is 1. The number of benzene rings is 1. The Balaban J connectivity index is 0.00000144. The van der Waals surface area contributed by atoms with Crippen LogP contribution >= 0.6 is 12.4 Å². The molecular weight excluding hydrogens is 190 g/mol. The molecule has 0 aromatic heterocycles. The van der Waals surface area contributed by atoms with Crippen molar-refractivity contribution in [3.05, 3.63) is 23.8 Å². The molecule has 0 radical (unpaired) electrons. The molecule has 0 saturated carbocycles. The van der Waals surface area contributed by atoms with Crippen LogP contribution in [0.3, 0.4) is 0 Å². The van der Waals surface area contributed by atoms with Crippen LogP contribution in [0.5, 0.6) is 0 Å². The van der Waals surface area contributed by atoms with Gasteiger partial charge in [-0.15, -0.1) is 12.4 Å². The van der Waals surface area contributed by atoms with Gasteiger partial charge in [0.05, 0.1) is 11.6 Å². The van der Waals surface area contributed by atoms with Crippen molar-refractivity contribution < 1.29 is 10.0 Å². The minimum absolute atomic E-state index is 0. The van der Waals surface area contributed by atoms with Gasteiger partial charge in [0.25, 0.3) is 0 Å². The van der Waals surface area contributed by atoms with Gasteiger partial charge in [0.1, 0.15) is 0 Å². The molecule has 0 bridgehead atoms. The summed E-state index contributed by atoms with van der Waals surface area (Å²) < 4.78 is 0. The number of anilines is 1. The van der Waals surface area contributed by atoms with E-state index < -0.39 is 7.12 Å². The summed E-state index contributed by atoms with van der Waals surface area (Å²) in [4.78, 5) is 0. The average molecular weight is 198 g/mol. The van der Waals surface area contributed by atoms with Gasteiger partial charge in [-0.1, -0.05) is 6.07 Å². The molecule has 0 heterocycles. The van der Waals surface area contributed by atoms with E-state index in [0.717, 1.165) is 0 Å². The number of halogens is 1. The number of rotatable bonds is 1. The lowest BCUT2D eigenvalue weighted by molar-refractivity contribution is 0.426. The van der Waals surface area contributed by atoms with Crippen molar-refractivity contribution in [1.82, 2.24) is 0 Å². The van der Waals surface area contributed by atoms with E-state index in [4.69, 9.17) is 21.0 Å². The third kappa shape index (κ3) is 2.63. The van der Waals surface area contributed by atoms with E-state index in [1.807, 2.05) is 6.07 Å². The fourth-order valence-corrected chi connectivity index (χ4v) is 0.879. The van der Waals surface area contributed by atoms with Gasteiger partial charge in [-0.25, -0.2) is 0 Å². The van der Waals surface area contributed by atoms with Crippen LogP contribution in [-0.2, 0) is 0 Å². The first-order valence-electron chi connectivity index (χ1n) is 3.31. The zero-order chi connectivity index (χ0) is 9.14. The molecule has 4 nitrogen and oxygen atoms in total. The van der Waals surface area contributed by atoms with E-state index in [1.54, 1.807) is 0 Å². The predicted molar refractivity (Wildman–Crippen MR) is 52.6 cm³/mol. The van der Waals surface area contributed by atoms with Crippen molar-refractivity contribution in [2.75, 3.05) is 5.73 Å². The Hall–Kier alpha value is -1.22. The van der Waals surface area contributed by atoms with Crippen LogP contribution in [0, 0.1) is 11.3 Å². The third-order valence-corrected chi connectivity index (χ3v) is 1.49. The van der Waals surface area contributed by atoms with Gasteiger partial charge in [-0.05, 0) is 12.1 Å². The molecule has 0 amide bonds. The molecule has 0 aliphatic carbocycles. The van der Waals surface area contributed by atoms with Gasteiger partial charge >= 0.3 is 7.12 Å². The topological polar surface area (TPSA) is 90.3 Å². The van der Waals surface area contributed by atoms with Gasteiger partial charge in [0.15, 0.2) is 0 Å². The van der Waals surface area contributed by atoms with Crippen LogP contribution in [0.15, 0.2) is 18.2 Å². The number of hydrogen-bond donors (Lipinski definition) is 3. The summed E-state index contributed by atoms with van der Waals surface area (Å²) in [7, 11) is -1.59. The highest BCUT2D eigenvalue weighted by atomic mass is 35.5. The van der Waals surface area contributed by atoms with E-state index in [1.165, 1.54) is 18.2 Å². The number of hydrogen-bond acceptors (Lipinski definition) is 4. The first-order valence-corrected chi connectivity index (χ1v) is 3.31. The summed E-state index contributed by atoms with van der Waals surface area (Å²) >= 11 is 0. The number of nitriles is 1. The van der Waals surface area contributed by atoms with Crippen molar-refractivity contribution in [2.45, 2.75) is 0 Å². The van der Waals surface area contributed by atoms with Crippen LogP contribution in [0.25, 0.3) is 0 Å². The lowest BCUT2D eigenvalue weighted by Gasteiger charge is -2.02. The minimum atomic E-state index is -1.59. The van der Waals surface area contributed by atoms with Crippen LogP contribution in [-0.4, -0.2) is 17.2 Å². The minimum Gasteiger partial charge on any atom is -0.423 e. The van der Waals surface area contributed by atoms with Crippen LogP contribution in [0.2, 0.25) is 0 Å². The average Bonchev–Trinajstić information content (AvgIpc) is 2.03. The van der Waals surface area contributed by atoms with Crippen molar-refractivity contribution in [3.8, 4) is 6.07 Å². The first kappa shape index (κ1) is 11.8. The second kappa shape index (κ2) is 4.72. The quantitative estimate of drug-likeness (QED) is 0.409. The molecule has 1 aromatic carbocycles. The monoisotopic (exact) mass is 198 g/mol. The van der Waals surface area contributed by atoms with Gasteiger partial charge in [0, 0.05) is 11.2 Å². The molecule has 0 fully saturated rings. The molecule has 0 saturated heterocycles. The van der Waals surface area contributed by atoms with Gasteiger partial charge in [-0.2, -0.15) is 5.26 Å². The van der Waals surface area contributed by atoms with Crippen molar-refractivity contribution in [1.29, 1.82) is 5.26 Å². The van der Waals surface area contributed by atoms with Crippen LogP contribution in [0.1, 0.15) is 5.56 Å². The fourth-order valence-electron chi connectivity index (χ4n) is 0.879. The zero-order valence-electron chi connectivity index (χ0n) is 6.64. The van der Waals surface area contributed by atoms with E-state index in [2.05, 4.69) is 0 Å². The summed E-state index contributed by atoms with van der Waals surface area (Å²) in [5.41, 5.74) is 6.26. The zero-order valence-corrected chi connectivity index (χ0v) is 7.45. The molecule has 0 atom stereocenters. The SMILES string of the molecule is Cl.N#Cc1ccc(B(O)O)c(N)c1. The Morgan fingerprint density at radius 1 is 1.38 bits per heavy atom. The third-order valence-electron chi connectivity index (χ3n) is 1.49. The Bertz CT molecular complexity index is 338. The predicted octanol–water partition coefficient (Wildman–Crippen LogP) is -0.758. The Morgan fingerprint density at radius 3 is 2.38 bits per heavy atom. The smallest absolute Gasteiger partial charge is 0.423 e. The van der Waals surface area contributed by atoms with E-state index in [9.17, 15) is 0 Å². The molecule has 1 aromatic rings. The van der Waals surface area contributed by atoms with Crippen molar-refractivity contribution in [3.63, 3.8) is 0 Å². The Kier molecular flexibility index (Phi) is 4.28. The van der Waals surface area contributed by atoms with Crippen molar-refractivity contribution >= 4 is 30.7 Å². The maximum absolute atomic E-state index is 8.76. The summed E-state index contributed by atoms with van der Waals surface area (Å²) in [5, 5.41) is 26.0. The highest BCUT2D eigenvalue weighted by Crippen LogP contribution is 2.03. The largest absolute Gasteiger partial charge is 0.490 e. The Morgan fingerprint density at radius 2 is 2.00 bits per heavy atom. The maximum Gasteiger partial charge on any atom is 0.490 e. The highest BCUT2D eigenvalue weighted by molar-refractivity contribution is 6.60. The normalized spacial score (nSPS) is 8.38. The number of nitrogens with two attached hydrogens (primary N) is 1.